The molecule has 3 aromatic carbocycles. The van der Waals surface area contributed by atoms with Gasteiger partial charge in [-0.1, -0.05) is 23.8 Å². The summed E-state index contributed by atoms with van der Waals surface area (Å²) in [6.45, 7) is 1.99. The van der Waals surface area contributed by atoms with E-state index >= 15 is 0 Å². The summed E-state index contributed by atoms with van der Waals surface area (Å²) < 4.78 is 0. The van der Waals surface area contributed by atoms with E-state index < -0.39 is 0 Å². The van der Waals surface area contributed by atoms with Crippen LogP contribution in [0, 0.1) is 6.92 Å². The highest BCUT2D eigenvalue weighted by Gasteiger charge is 2.11. The zero-order valence-corrected chi connectivity index (χ0v) is 18.6. The summed E-state index contributed by atoms with van der Waals surface area (Å²) in [6.07, 6.45) is 0. The molecule has 7 heteroatoms. The van der Waals surface area contributed by atoms with Crippen LogP contribution in [0.5, 0.6) is 0 Å². The van der Waals surface area contributed by atoms with Crippen molar-refractivity contribution in [2.75, 3.05) is 10.6 Å². The van der Waals surface area contributed by atoms with E-state index in [0.29, 0.717) is 27.6 Å². The van der Waals surface area contributed by atoms with Gasteiger partial charge in [0.05, 0.1) is 15.9 Å². The fourth-order valence-corrected chi connectivity index (χ4v) is 4.06. The van der Waals surface area contributed by atoms with Gasteiger partial charge in [-0.05, 0) is 73.0 Å². The minimum Gasteiger partial charge on any atom is -0.338 e. The number of nitrogens with zero attached hydrogens (tertiary/aromatic N) is 1. The van der Waals surface area contributed by atoms with Crippen LogP contribution in [0.3, 0.4) is 0 Å². The highest BCUT2D eigenvalue weighted by molar-refractivity contribution is 7.12. The fraction of sp³-hybridized carbons (Fsp3) is 0.0385. The highest BCUT2D eigenvalue weighted by Crippen LogP contribution is 2.25. The van der Waals surface area contributed by atoms with Crippen molar-refractivity contribution in [3.8, 4) is 11.4 Å². The Morgan fingerprint density at radius 3 is 2.30 bits per heavy atom. The van der Waals surface area contributed by atoms with Crippen molar-refractivity contribution in [2.24, 2.45) is 0 Å². The van der Waals surface area contributed by atoms with Gasteiger partial charge >= 0.3 is 0 Å². The molecular formula is C26H20N4O2S. The molecule has 5 rings (SSSR count). The number of amides is 2. The molecule has 0 aliphatic carbocycles. The van der Waals surface area contributed by atoms with Crippen molar-refractivity contribution in [3.05, 3.63) is 100 Å². The monoisotopic (exact) mass is 452 g/mol. The molecule has 5 aromatic rings. The molecule has 0 bridgehead atoms. The van der Waals surface area contributed by atoms with Gasteiger partial charge in [0.1, 0.15) is 5.82 Å². The number of anilines is 2. The van der Waals surface area contributed by atoms with Gasteiger partial charge in [-0.25, -0.2) is 4.98 Å². The Hall–Kier alpha value is -4.23. The Morgan fingerprint density at radius 2 is 1.58 bits per heavy atom. The van der Waals surface area contributed by atoms with Crippen LogP contribution in [-0.4, -0.2) is 21.8 Å². The first-order valence-corrected chi connectivity index (χ1v) is 11.3. The lowest BCUT2D eigenvalue weighted by Gasteiger charge is -2.06. The smallest absolute Gasteiger partial charge is 0.265 e. The van der Waals surface area contributed by atoms with Crippen LogP contribution in [0.4, 0.5) is 11.4 Å². The van der Waals surface area contributed by atoms with E-state index in [9.17, 15) is 9.59 Å². The molecule has 0 unspecified atom stereocenters. The van der Waals surface area contributed by atoms with Crippen LogP contribution < -0.4 is 10.6 Å². The molecule has 0 saturated heterocycles. The number of H-pyrrole nitrogens is 1. The number of aromatic amines is 1. The maximum Gasteiger partial charge on any atom is 0.265 e. The number of carbonyl (C=O) groups is 2. The Kier molecular flexibility index (Phi) is 5.46. The van der Waals surface area contributed by atoms with E-state index in [0.717, 1.165) is 22.2 Å². The molecule has 0 fully saturated rings. The first-order chi connectivity index (χ1) is 16.0. The number of benzene rings is 3. The average Bonchev–Trinajstić information content (AvgIpc) is 3.50. The Labute approximate surface area is 194 Å². The first-order valence-electron chi connectivity index (χ1n) is 10.4. The predicted molar refractivity (Wildman–Crippen MR) is 133 cm³/mol. The second-order valence-electron chi connectivity index (χ2n) is 7.65. The minimum atomic E-state index is -0.149. The molecule has 0 aliphatic heterocycles. The third-order valence-corrected chi connectivity index (χ3v) is 6.08. The topological polar surface area (TPSA) is 86.9 Å². The number of thiophene rings is 1. The van der Waals surface area contributed by atoms with Gasteiger partial charge in [0.15, 0.2) is 0 Å². The van der Waals surface area contributed by atoms with Gasteiger partial charge in [-0.2, -0.15) is 0 Å². The first kappa shape index (κ1) is 20.7. The van der Waals surface area contributed by atoms with Gasteiger partial charge < -0.3 is 15.6 Å². The van der Waals surface area contributed by atoms with Crippen molar-refractivity contribution in [2.45, 2.75) is 6.92 Å². The number of imidazole rings is 1. The Balaban J connectivity index is 1.31. The number of rotatable bonds is 5. The van der Waals surface area contributed by atoms with E-state index in [1.807, 2.05) is 85.1 Å². The zero-order valence-electron chi connectivity index (χ0n) is 17.8. The van der Waals surface area contributed by atoms with E-state index in [1.165, 1.54) is 11.3 Å². The molecule has 0 radical (unpaired) electrons. The molecule has 6 nitrogen and oxygen atoms in total. The summed E-state index contributed by atoms with van der Waals surface area (Å²) in [4.78, 5) is 33.3. The number of aromatic nitrogens is 2. The standard InChI is InChI=1S/C26H20N4O2S/c1-16-4-6-18(7-5-16)25(31)27-19-10-8-17(9-11-19)24-29-21-13-12-20(15-22(21)30-24)28-26(32)23-3-2-14-33-23/h2-15H,1H3,(H,27,31)(H,28,32)(H,29,30). The summed E-state index contributed by atoms with van der Waals surface area (Å²) in [5.41, 5.74) is 5.65. The van der Waals surface area contributed by atoms with Crippen molar-refractivity contribution in [3.63, 3.8) is 0 Å². The summed E-state index contributed by atoms with van der Waals surface area (Å²) in [7, 11) is 0. The second kappa shape index (κ2) is 8.72. The Morgan fingerprint density at radius 1 is 0.848 bits per heavy atom. The molecule has 0 atom stereocenters. The quantitative estimate of drug-likeness (QED) is 0.301. The number of nitrogens with one attached hydrogen (secondary N) is 3. The van der Waals surface area contributed by atoms with Crippen LogP contribution in [-0.2, 0) is 0 Å². The van der Waals surface area contributed by atoms with E-state index in [-0.39, 0.29) is 11.8 Å². The van der Waals surface area contributed by atoms with Gasteiger partial charge in [-0.15, -0.1) is 11.3 Å². The van der Waals surface area contributed by atoms with Gasteiger partial charge in [-0.3, -0.25) is 9.59 Å². The number of hydrogen-bond acceptors (Lipinski definition) is 4. The molecule has 2 heterocycles. The number of hydrogen-bond donors (Lipinski definition) is 3. The van der Waals surface area contributed by atoms with Crippen LogP contribution in [0.25, 0.3) is 22.4 Å². The normalized spacial score (nSPS) is 10.8. The van der Waals surface area contributed by atoms with Crippen molar-refractivity contribution >= 4 is 45.6 Å². The molecule has 162 valence electrons. The fourth-order valence-electron chi connectivity index (χ4n) is 3.44. The predicted octanol–water partition coefficient (Wildman–Crippen LogP) is 6.10. The SMILES string of the molecule is Cc1ccc(C(=O)Nc2ccc(-c3nc4ccc(NC(=O)c5cccs5)cc4[nH]3)cc2)cc1. The summed E-state index contributed by atoms with van der Waals surface area (Å²) in [5, 5.41) is 7.70. The largest absolute Gasteiger partial charge is 0.338 e. The van der Waals surface area contributed by atoms with E-state index in [4.69, 9.17) is 0 Å². The molecular weight excluding hydrogens is 432 g/mol. The summed E-state index contributed by atoms with van der Waals surface area (Å²) >= 11 is 1.40. The molecule has 0 aliphatic rings. The number of carbonyl (C=O) groups excluding carboxylic acids is 2. The van der Waals surface area contributed by atoms with Crippen molar-refractivity contribution in [1.29, 1.82) is 0 Å². The summed E-state index contributed by atoms with van der Waals surface area (Å²) in [6, 6.07) is 24.2. The average molecular weight is 453 g/mol. The molecule has 3 N–H and O–H groups in total. The number of aryl methyl sites for hydroxylation is 1. The third kappa shape index (κ3) is 4.53. The molecule has 2 amide bonds. The molecule has 0 spiro atoms. The summed E-state index contributed by atoms with van der Waals surface area (Å²) in [5.74, 6) is 0.430. The molecule has 33 heavy (non-hydrogen) atoms. The minimum absolute atomic E-state index is 0.132. The van der Waals surface area contributed by atoms with Crippen molar-refractivity contribution in [1.82, 2.24) is 9.97 Å². The van der Waals surface area contributed by atoms with Crippen LogP contribution >= 0.6 is 11.3 Å². The van der Waals surface area contributed by atoms with E-state index in [2.05, 4.69) is 20.6 Å². The van der Waals surface area contributed by atoms with Crippen LogP contribution in [0.15, 0.2) is 84.2 Å². The lowest BCUT2D eigenvalue weighted by atomic mass is 10.1. The lowest BCUT2D eigenvalue weighted by molar-refractivity contribution is 0.102. The highest BCUT2D eigenvalue weighted by atomic mass is 32.1. The van der Waals surface area contributed by atoms with Crippen molar-refractivity contribution < 1.29 is 9.59 Å². The van der Waals surface area contributed by atoms with Crippen LogP contribution in [0.2, 0.25) is 0 Å². The van der Waals surface area contributed by atoms with E-state index in [1.54, 1.807) is 6.07 Å². The van der Waals surface area contributed by atoms with Gasteiger partial charge in [0, 0.05) is 22.5 Å². The maximum absolute atomic E-state index is 12.4. The molecule has 2 aromatic heterocycles. The zero-order chi connectivity index (χ0) is 22.8. The van der Waals surface area contributed by atoms with Crippen LogP contribution in [0.1, 0.15) is 25.6 Å². The third-order valence-electron chi connectivity index (χ3n) is 5.21. The Bertz CT molecular complexity index is 1440. The second-order valence-corrected chi connectivity index (χ2v) is 8.59. The molecule has 0 saturated carbocycles. The van der Waals surface area contributed by atoms with Gasteiger partial charge in [0.25, 0.3) is 11.8 Å². The number of fused-ring (bicyclic) bond motifs is 1. The van der Waals surface area contributed by atoms with Gasteiger partial charge in [0.2, 0.25) is 0 Å². The lowest BCUT2D eigenvalue weighted by Crippen LogP contribution is -2.11. The maximum atomic E-state index is 12.4.